The molecule has 2 aromatic carbocycles. The van der Waals surface area contributed by atoms with Gasteiger partial charge in [0.1, 0.15) is 11.6 Å². The van der Waals surface area contributed by atoms with Crippen molar-refractivity contribution in [1.82, 2.24) is 0 Å². The van der Waals surface area contributed by atoms with Crippen molar-refractivity contribution in [1.29, 1.82) is 0 Å². The van der Waals surface area contributed by atoms with Crippen molar-refractivity contribution in [2.45, 2.75) is 43.9 Å². The van der Waals surface area contributed by atoms with Crippen LogP contribution in [0.15, 0.2) is 43.0 Å². The number of alkyl halides is 3. The van der Waals surface area contributed by atoms with E-state index in [-0.39, 0.29) is 23.7 Å². The smallest absolute Gasteiger partial charge is 0.403 e. The van der Waals surface area contributed by atoms with Gasteiger partial charge in [0.2, 0.25) is 0 Å². The second kappa shape index (κ2) is 7.67. The monoisotopic (exact) mass is 426 g/mol. The Bertz CT molecular complexity index is 967. The summed E-state index contributed by atoms with van der Waals surface area (Å²) < 4.78 is 83.7. The second-order valence-electron chi connectivity index (χ2n) is 8.00. The number of ether oxygens (including phenoxy) is 1. The predicted octanol–water partition coefficient (Wildman–Crippen LogP) is 7.03. The molecule has 4 unspecified atom stereocenters. The SMILES string of the molecule is C=CC1CCC2c3cc(F)cc(F)c3CCC2C1c1ccc(OC(F)(F)F)c(F)c1. The first-order valence-corrected chi connectivity index (χ1v) is 9.83. The van der Waals surface area contributed by atoms with Crippen molar-refractivity contribution in [3.63, 3.8) is 0 Å². The number of halogens is 6. The Hall–Kier alpha value is -2.44. The summed E-state index contributed by atoms with van der Waals surface area (Å²) in [5.41, 5.74) is 1.71. The summed E-state index contributed by atoms with van der Waals surface area (Å²) >= 11 is 0. The lowest BCUT2D eigenvalue weighted by Crippen LogP contribution is -2.35. The van der Waals surface area contributed by atoms with Gasteiger partial charge >= 0.3 is 6.36 Å². The van der Waals surface area contributed by atoms with Crippen LogP contribution in [0.25, 0.3) is 0 Å². The Morgan fingerprint density at radius 1 is 0.967 bits per heavy atom. The standard InChI is InChI=1S/C23H20F6O/c1-2-12-3-5-15-17(7-6-16-18(15)10-14(24)11-19(16)25)22(12)13-4-8-21(20(26)9-13)30-23(27,28)29/h2,4,8-12,15,17,22H,1,3,5-7H2. The van der Waals surface area contributed by atoms with Crippen LogP contribution >= 0.6 is 0 Å². The fourth-order valence-electron chi connectivity index (χ4n) is 5.32. The van der Waals surface area contributed by atoms with Crippen LogP contribution < -0.4 is 4.74 Å². The molecule has 7 heteroatoms. The summed E-state index contributed by atoms with van der Waals surface area (Å²) in [6.45, 7) is 3.87. The first-order valence-electron chi connectivity index (χ1n) is 9.83. The van der Waals surface area contributed by atoms with Crippen LogP contribution in [0, 0.1) is 29.3 Å². The van der Waals surface area contributed by atoms with Gasteiger partial charge in [-0.1, -0.05) is 12.1 Å². The van der Waals surface area contributed by atoms with Crippen molar-refractivity contribution in [3.05, 3.63) is 77.1 Å². The van der Waals surface area contributed by atoms with Gasteiger partial charge in [-0.3, -0.25) is 0 Å². The maximum Gasteiger partial charge on any atom is 0.573 e. The zero-order valence-corrected chi connectivity index (χ0v) is 16.0. The van der Waals surface area contributed by atoms with Gasteiger partial charge < -0.3 is 4.74 Å². The zero-order valence-electron chi connectivity index (χ0n) is 16.0. The molecule has 0 saturated heterocycles. The van der Waals surface area contributed by atoms with E-state index in [0.29, 0.717) is 42.4 Å². The minimum atomic E-state index is -4.98. The quantitative estimate of drug-likeness (QED) is 0.378. The molecule has 4 atom stereocenters. The molecule has 1 saturated carbocycles. The van der Waals surface area contributed by atoms with E-state index < -0.39 is 29.6 Å². The van der Waals surface area contributed by atoms with Crippen LogP contribution in [0.3, 0.4) is 0 Å². The number of benzene rings is 2. The third-order valence-electron chi connectivity index (χ3n) is 6.44. The summed E-state index contributed by atoms with van der Waals surface area (Å²) in [5.74, 6) is -3.51. The topological polar surface area (TPSA) is 9.23 Å². The lowest BCUT2D eigenvalue weighted by molar-refractivity contribution is -0.275. The number of hydrogen-bond donors (Lipinski definition) is 0. The fraction of sp³-hybridized carbons (Fsp3) is 0.391. The van der Waals surface area contributed by atoms with Gasteiger partial charge in [0.25, 0.3) is 0 Å². The van der Waals surface area contributed by atoms with Crippen molar-refractivity contribution in [3.8, 4) is 5.75 Å². The fourth-order valence-corrected chi connectivity index (χ4v) is 5.32. The molecular formula is C23H20F6O. The van der Waals surface area contributed by atoms with Crippen molar-refractivity contribution in [2.75, 3.05) is 0 Å². The van der Waals surface area contributed by atoms with Gasteiger partial charge in [0, 0.05) is 6.07 Å². The average Bonchev–Trinajstić information content (AvgIpc) is 2.67. The molecule has 2 aromatic rings. The minimum absolute atomic E-state index is 0.0139. The van der Waals surface area contributed by atoms with Crippen LogP contribution in [-0.4, -0.2) is 6.36 Å². The van der Waals surface area contributed by atoms with E-state index in [1.807, 2.05) is 0 Å². The lowest BCUT2D eigenvalue weighted by Gasteiger charge is -2.46. The molecule has 30 heavy (non-hydrogen) atoms. The molecule has 0 amide bonds. The van der Waals surface area contributed by atoms with Gasteiger partial charge in [-0.15, -0.1) is 19.8 Å². The maximum absolute atomic E-state index is 14.4. The summed E-state index contributed by atoms with van der Waals surface area (Å²) in [4.78, 5) is 0. The van der Waals surface area contributed by atoms with Crippen molar-refractivity contribution < 1.29 is 31.1 Å². The van der Waals surface area contributed by atoms with Crippen LogP contribution in [0.5, 0.6) is 5.75 Å². The maximum atomic E-state index is 14.4. The van der Waals surface area contributed by atoms with E-state index in [4.69, 9.17) is 0 Å². The molecule has 2 aliphatic rings. The highest BCUT2D eigenvalue weighted by molar-refractivity contribution is 5.39. The Morgan fingerprint density at radius 2 is 1.73 bits per heavy atom. The molecule has 0 heterocycles. The molecule has 160 valence electrons. The second-order valence-corrected chi connectivity index (χ2v) is 8.00. The van der Waals surface area contributed by atoms with Crippen LogP contribution in [0.2, 0.25) is 0 Å². The third-order valence-corrected chi connectivity index (χ3v) is 6.44. The molecule has 0 aromatic heterocycles. The first-order chi connectivity index (χ1) is 14.2. The molecule has 0 radical (unpaired) electrons. The summed E-state index contributed by atoms with van der Waals surface area (Å²) in [6, 6.07) is 5.77. The molecule has 2 aliphatic carbocycles. The Labute approximate surface area is 170 Å². The minimum Gasteiger partial charge on any atom is -0.403 e. The third kappa shape index (κ3) is 3.82. The summed E-state index contributed by atoms with van der Waals surface area (Å²) in [6.07, 6.45) is -0.747. The predicted molar refractivity (Wildman–Crippen MR) is 99.7 cm³/mol. The molecule has 0 bridgehead atoms. The van der Waals surface area contributed by atoms with Gasteiger partial charge in [0.05, 0.1) is 0 Å². The molecule has 0 N–H and O–H groups in total. The van der Waals surface area contributed by atoms with E-state index in [1.165, 1.54) is 12.1 Å². The normalized spacial score (nSPS) is 25.9. The summed E-state index contributed by atoms with van der Waals surface area (Å²) in [7, 11) is 0. The molecule has 0 aliphatic heterocycles. The average molecular weight is 426 g/mol. The highest BCUT2D eigenvalue weighted by atomic mass is 19.4. The summed E-state index contributed by atoms with van der Waals surface area (Å²) in [5, 5.41) is 0. The van der Waals surface area contributed by atoms with Crippen LogP contribution in [-0.2, 0) is 6.42 Å². The molecule has 4 rings (SSSR count). The number of hydrogen-bond acceptors (Lipinski definition) is 1. The largest absolute Gasteiger partial charge is 0.573 e. The Kier molecular flexibility index (Phi) is 5.32. The Balaban J connectivity index is 1.71. The molecule has 0 spiro atoms. The van der Waals surface area contributed by atoms with Gasteiger partial charge in [-0.2, -0.15) is 0 Å². The van der Waals surface area contributed by atoms with Crippen LogP contribution in [0.4, 0.5) is 26.3 Å². The number of rotatable bonds is 3. The zero-order chi connectivity index (χ0) is 21.6. The van der Waals surface area contributed by atoms with Gasteiger partial charge in [-0.05, 0) is 84.2 Å². The van der Waals surface area contributed by atoms with E-state index in [2.05, 4.69) is 11.3 Å². The number of fused-ring (bicyclic) bond motifs is 3. The van der Waals surface area contributed by atoms with E-state index in [0.717, 1.165) is 18.2 Å². The molecular weight excluding hydrogens is 406 g/mol. The van der Waals surface area contributed by atoms with E-state index in [9.17, 15) is 26.3 Å². The van der Waals surface area contributed by atoms with Crippen molar-refractivity contribution >= 4 is 0 Å². The lowest BCUT2D eigenvalue weighted by atomic mass is 9.58. The highest BCUT2D eigenvalue weighted by Crippen LogP contribution is 2.54. The molecule has 1 nitrogen and oxygen atoms in total. The van der Waals surface area contributed by atoms with Gasteiger partial charge in [-0.25, -0.2) is 13.2 Å². The highest BCUT2D eigenvalue weighted by Gasteiger charge is 2.43. The number of allylic oxidation sites excluding steroid dienone is 1. The molecule has 1 fully saturated rings. The van der Waals surface area contributed by atoms with E-state index in [1.54, 1.807) is 6.08 Å². The Morgan fingerprint density at radius 3 is 2.40 bits per heavy atom. The van der Waals surface area contributed by atoms with Crippen molar-refractivity contribution in [2.24, 2.45) is 11.8 Å². The van der Waals surface area contributed by atoms with Gasteiger partial charge in [0.15, 0.2) is 11.6 Å². The van der Waals surface area contributed by atoms with Crippen LogP contribution in [0.1, 0.15) is 47.8 Å². The van der Waals surface area contributed by atoms with E-state index >= 15 is 0 Å². The first kappa shape index (κ1) is 20.8.